The van der Waals surface area contributed by atoms with E-state index in [1.54, 1.807) is 40.7 Å². The molecule has 3 N–H and O–H groups in total. The van der Waals surface area contributed by atoms with Crippen LogP contribution in [0.2, 0.25) is 0 Å². The zero-order valence-electron chi connectivity index (χ0n) is 22.4. The van der Waals surface area contributed by atoms with Crippen LogP contribution in [0.25, 0.3) is 16.7 Å². The molecule has 1 saturated heterocycles. The predicted octanol–water partition coefficient (Wildman–Crippen LogP) is 3.35. The molecule has 0 spiro atoms. The number of fused-ring (bicyclic) bond motifs is 1. The van der Waals surface area contributed by atoms with Crippen molar-refractivity contribution in [3.8, 4) is 5.69 Å². The third kappa shape index (κ3) is 5.79. The first-order valence-corrected chi connectivity index (χ1v) is 13.1. The molecule has 0 bridgehead atoms. The number of carbonyl (C=O) groups is 1. The number of amides is 1. The Balaban J connectivity index is 1.47. The lowest BCUT2D eigenvalue weighted by Crippen LogP contribution is -2.47. The Morgan fingerprint density at radius 3 is 2.63 bits per heavy atom. The van der Waals surface area contributed by atoms with Crippen LogP contribution in [0.5, 0.6) is 0 Å². The summed E-state index contributed by atoms with van der Waals surface area (Å²) >= 11 is 0. The van der Waals surface area contributed by atoms with E-state index >= 15 is 8.78 Å². The molecular formula is C29H29F2N7O3. The van der Waals surface area contributed by atoms with E-state index in [0.29, 0.717) is 49.8 Å². The van der Waals surface area contributed by atoms with Crippen molar-refractivity contribution in [1.29, 1.82) is 0 Å². The van der Waals surface area contributed by atoms with Crippen molar-refractivity contribution in [2.45, 2.75) is 6.92 Å². The first-order chi connectivity index (χ1) is 19.8. The fraction of sp³-hybridized carbons (Fsp3) is 0.241. The van der Waals surface area contributed by atoms with Crippen LogP contribution in [0.15, 0.2) is 66.1 Å². The van der Waals surface area contributed by atoms with Crippen molar-refractivity contribution >= 4 is 40.0 Å². The summed E-state index contributed by atoms with van der Waals surface area (Å²) in [6, 6.07) is 11.3. The van der Waals surface area contributed by atoms with Crippen LogP contribution >= 0.6 is 0 Å². The molecule has 0 saturated carbocycles. The second kappa shape index (κ2) is 11.8. The van der Waals surface area contributed by atoms with E-state index in [0.717, 1.165) is 6.08 Å². The molecule has 3 heterocycles. The highest BCUT2D eigenvalue weighted by Crippen LogP contribution is 2.29. The Morgan fingerprint density at radius 2 is 1.90 bits per heavy atom. The van der Waals surface area contributed by atoms with Gasteiger partial charge in [-0.1, -0.05) is 12.6 Å². The van der Waals surface area contributed by atoms with Gasteiger partial charge in [-0.25, -0.2) is 13.8 Å². The van der Waals surface area contributed by atoms with Crippen LogP contribution < -0.4 is 21.0 Å². The number of aliphatic hydroxyl groups excluding tert-OH is 1. The molecule has 4 aromatic rings. The van der Waals surface area contributed by atoms with Gasteiger partial charge in [0.2, 0.25) is 11.9 Å². The van der Waals surface area contributed by atoms with Gasteiger partial charge in [-0.2, -0.15) is 4.98 Å². The number of piperazine rings is 1. The number of aryl methyl sites for hydroxylation is 1. The molecule has 1 aliphatic heterocycles. The Hall–Kier alpha value is -4.68. The number of carbonyl (C=O) groups excluding carboxylic acids is 1. The van der Waals surface area contributed by atoms with Gasteiger partial charge in [0, 0.05) is 62.1 Å². The summed E-state index contributed by atoms with van der Waals surface area (Å²) in [5.74, 6) is -2.47. The van der Waals surface area contributed by atoms with Crippen molar-refractivity contribution in [2.24, 2.45) is 0 Å². The van der Waals surface area contributed by atoms with Gasteiger partial charge >= 0.3 is 0 Å². The normalized spacial score (nSPS) is 13.8. The number of nitrogens with zero attached hydrogens (tertiary/aromatic N) is 5. The number of benzene rings is 2. The zero-order chi connectivity index (χ0) is 29.1. The van der Waals surface area contributed by atoms with Crippen LogP contribution in [0, 0.1) is 18.6 Å². The minimum atomic E-state index is -1.07. The lowest BCUT2D eigenvalue weighted by molar-refractivity contribution is -0.111. The minimum Gasteiger partial charge on any atom is -0.395 e. The fourth-order valence-corrected chi connectivity index (χ4v) is 4.87. The number of aromatic nitrogens is 3. The van der Waals surface area contributed by atoms with Gasteiger partial charge in [0.1, 0.15) is 0 Å². The molecule has 0 unspecified atom stereocenters. The third-order valence-electron chi connectivity index (χ3n) is 6.93. The quantitative estimate of drug-likeness (QED) is 0.281. The summed E-state index contributed by atoms with van der Waals surface area (Å²) < 4.78 is 32.1. The maximum absolute atomic E-state index is 15.2. The number of halogens is 2. The number of rotatable bonds is 8. The van der Waals surface area contributed by atoms with E-state index in [-0.39, 0.29) is 46.3 Å². The number of aliphatic hydroxyl groups is 1. The number of nitrogens with one attached hydrogen (secondary N) is 2. The predicted molar refractivity (Wildman–Crippen MR) is 154 cm³/mol. The Bertz CT molecular complexity index is 1680. The van der Waals surface area contributed by atoms with E-state index < -0.39 is 11.6 Å². The molecule has 212 valence electrons. The SMILES string of the molecule is C=CC(=O)Nc1cccc(-n2c(C)cc(=O)c3cnc(Nc4ccc(N5CCN(CCO)CC5)c(F)c4F)nc32)c1. The Labute approximate surface area is 234 Å². The van der Waals surface area contributed by atoms with Gasteiger partial charge in [-0.3, -0.25) is 19.1 Å². The third-order valence-corrected chi connectivity index (χ3v) is 6.93. The molecule has 10 nitrogen and oxygen atoms in total. The molecule has 5 rings (SSSR count). The summed E-state index contributed by atoms with van der Waals surface area (Å²) in [6.45, 7) is 8.08. The van der Waals surface area contributed by atoms with E-state index in [9.17, 15) is 9.59 Å². The standard InChI is InChI=1S/C29H29F2N7O3/c1-3-25(41)33-19-5-4-6-20(16-19)38-18(2)15-24(40)21-17-32-29(35-28(21)38)34-22-7-8-23(27(31)26(22)30)37-11-9-36(10-12-37)13-14-39/h3-8,15-17,39H,1,9-14H2,2H3,(H,33,41)(H,32,34,35). The largest absolute Gasteiger partial charge is 0.395 e. The van der Waals surface area contributed by atoms with E-state index in [1.165, 1.54) is 24.4 Å². The second-order valence-electron chi connectivity index (χ2n) is 9.60. The number of anilines is 4. The van der Waals surface area contributed by atoms with Crippen molar-refractivity contribution in [3.63, 3.8) is 0 Å². The van der Waals surface area contributed by atoms with Crippen molar-refractivity contribution in [2.75, 3.05) is 54.9 Å². The van der Waals surface area contributed by atoms with Gasteiger partial charge in [0.25, 0.3) is 0 Å². The molecule has 0 atom stereocenters. The molecular weight excluding hydrogens is 532 g/mol. The number of hydrogen-bond donors (Lipinski definition) is 3. The van der Waals surface area contributed by atoms with E-state index in [2.05, 4.69) is 32.1 Å². The number of hydrogen-bond acceptors (Lipinski definition) is 8. The van der Waals surface area contributed by atoms with Crippen molar-refractivity contribution in [1.82, 2.24) is 19.4 Å². The Morgan fingerprint density at radius 1 is 1.12 bits per heavy atom. The van der Waals surface area contributed by atoms with Gasteiger partial charge in [0.05, 0.1) is 23.4 Å². The topological polar surface area (TPSA) is 116 Å². The monoisotopic (exact) mass is 561 g/mol. The van der Waals surface area contributed by atoms with E-state index in [4.69, 9.17) is 5.11 Å². The van der Waals surface area contributed by atoms with Crippen molar-refractivity contribution < 1.29 is 18.7 Å². The van der Waals surface area contributed by atoms with Crippen LogP contribution in [0.4, 0.5) is 31.8 Å². The molecule has 12 heteroatoms. The molecule has 1 aliphatic rings. The van der Waals surface area contributed by atoms with E-state index in [1.807, 2.05) is 0 Å². The smallest absolute Gasteiger partial charge is 0.247 e. The Kier molecular flexibility index (Phi) is 8.04. The van der Waals surface area contributed by atoms with Crippen LogP contribution in [0.3, 0.4) is 0 Å². The highest BCUT2D eigenvalue weighted by atomic mass is 19.2. The first-order valence-electron chi connectivity index (χ1n) is 13.1. The lowest BCUT2D eigenvalue weighted by Gasteiger charge is -2.36. The first kappa shape index (κ1) is 27.9. The van der Waals surface area contributed by atoms with Gasteiger partial charge < -0.3 is 20.6 Å². The summed E-state index contributed by atoms with van der Waals surface area (Å²) in [5, 5.41) is 14.8. The highest BCUT2D eigenvalue weighted by molar-refractivity contribution is 5.99. The van der Waals surface area contributed by atoms with Gasteiger partial charge in [-0.15, -0.1) is 0 Å². The summed E-state index contributed by atoms with van der Waals surface area (Å²) in [6.07, 6.45) is 2.49. The minimum absolute atomic E-state index is 0.0315. The van der Waals surface area contributed by atoms with Gasteiger partial charge in [0.15, 0.2) is 22.7 Å². The highest BCUT2D eigenvalue weighted by Gasteiger charge is 2.23. The maximum atomic E-state index is 15.2. The molecule has 1 fully saturated rings. The zero-order valence-corrected chi connectivity index (χ0v) is 22.4. The fourth-order valence-electron chi connectivity index (χ4n) is 4.87. The maximum Gasteiger partial charge on any atom is 0.247 e. The summed E-state index contributed by atoms with van der Waals surface area (Å²) in [4.78, 5) is 37.0. The number of β-amino-alcohol motifs (C(OH)–C–C–N with tert-alkyl or cyclic N) is 1. The van der Waals surface area contributed by atoms with Crippen LogP contribution in [0.1, 0.15) is 5.69 Å². The lowest BCUT2D eigenvalue weighted by atomic mass is 10.2. The van der Waals surface area contributed by atoms with Gasteiger partial charge in [-0.05, 0) is 43.3 Å². The van der Waals surface area contributed by atoms with Crippen molar-refractivity contribution in [3.05, 3.63) is 88.9 Å². The second-order valence-corrected chi connectivity index (χ2v) is 9.60. The molecule has 0 aliphatic carbocycles. The summed E-state index contributed by atoms with van der Waals surface area (Å²) in [5.41, 5.74) is 1.65. The molecule has 1 amide bonds. The van der Waals surface area contributed by atoms with Crippen LogP contribution in [-0.2, 0) is 4.79 Å². The van der Waals surface area contributed by atoms with Crippen LogP contribution in [-0.4, -0.2) is 69.8 Å². The average Bonchev–Trinajstić information content (AvgIpc) is 2.96. The average molecular weight is 562 g/mol. The molecule has 2 aromatic heterocycles. The summed E-state index contributed by atoms with van der Waals surface area (Å²) in [7, 11) is 0. The molecule has 0 radical (unpaired) electrons. The molecule has 2 aromatic carbocycles. The molecule has 41 heavy (non-hydrogen) atoms. The number of pyridine rings is 1.